The first-order chi connectivity index (χ1) is 9.29. The van der Waals surface area contributed by atoms with Crippen LogP contribution in [0.15, 0.2) is 60.7 Å². The van der Waals surface area contributed by atoms with Crippen LogP contribution < -0.4 is 0 Å². The van der Waals surface area contributed by atoms with Crippen LogP contribution in [0.5, 0.6) is 0 Å². The summed E-state index contributed by atoms with van der Waals surface area (Å²) in [4.78, 5) is 12.2. The van der Waals surface area contributed by atoms with Crippen molar-refractivity contribution in [3.05, 3.63) is 71.8 Å². The van der Waals surface area contributed by atoms with Gasteiger partial charge in [-0.3, -0.25) is 4.79 Å². The number of benzene rings is 2. The van der Waals surface area contributed by atoms with Crippen LogP contribution >= 0.6 is 0 Å². The average molecular weight is 252 g/mol. The molecule has 0 fully saturated rings. The zero-order valence-corrected chi connectivity index (χ0v) is 11.4. The van der Waals surface area contributed by atoms with Crippen LogP contribution in [-0.2, 0) is 6.42 Å². The number of hydrogen-bond acceptors (Lipinski definition) is 1. The van der Waals surface area contributed by atoms with E-state index in [1.165, 1.54) is 5.56 Å². The standard InChI is InChI=1S/C18H20O/c1-2-15(13-16-9-5-3-6-10-16)14-18(19)17-11-7-4-8-12-17/h3-12,15H,2,13-14H2,1H3/t15-/m0/s1. The SMILES string of the molecule is CC[C@H](CC(=O)c1ccccc1)Cc1ccccc1. The Labute approximate surface area is 115 Å². The first kappa shape index (κ1) is 13.5. The third kappa shape index (κ3) is 4.06. The van der Waals surface area contributed by atoms with Crippen molar-refractivity contribution in [1.29, 1.82) is 0 Å². The van der Waals surface area contributed by atoms with Crippen molar-refractivity contribution in [2.24, 2.45) is 5.92 Å². The van der Waals surface area contributed by atoms with Gasteiger partial charge in [-0.2, -0.15) is 0 Å². The van der Waals surface area contributed by atoms with Crippen molar-refractivity contribution in [3.8, 4) is 0 Å². The van der Waals surface area contributed by atoms with Crippen LogP contribution in [0.25, 0.3) is 0 Å². The number of carbonyl (C=O) groups excluding carboxylic acids is 1. The molecule has 2 rings (SSSR count). The number of ketones is 1. The lowest BCUT2D eigenvalue weighted by Crippen LogP contribution is -2.10. The summed E-state index contributed by atoms with van der Waals surface area (Å²) >= 11 is 0. The van der Waals surface area contributed by atoms with Crippen LogP contribution in [-0.4, -0.2) is 5.78 Å². The first-order valence-electron chi connectivity index (χ1n) is 6.91. The van der Waals surface area contributed by atoms with E-state index in [0.717, 1.165) is 18.4 Å². The first-order valence-corrected chi connectivity index (χ1v) is 6.91. The minimum absolute atomic E-state index is 0.253. The molecule has 2 aromatic rings. The molecule has 2 aromatic carbocycles. The normalized spacial score (nSPS) is 12.1. The van der Waals surface area contributed by atoms with Gasteiger partial charge >= 0.3 is 0 Å². The number of hydrogen-bond donors (Lipinski definition) is 0. The molecule has 0 spiro atoms. The van der Waals surface area contributed by atoms with E-state index >= 15 is 0 Å². The van der Waals surface area contributed by atoms with E-state index in [9.17, 15) is 4.79 Å². The van der Waals surface area contributed by atoms with Crippen molar-refractivity contribution in [3.63, 3.8) is 0 Å². The lowest BCUT2D eigenvalue weighted by Gasteiger charge is -2.14. The molecule has 98 valence electrons. The molecule has 1 heteroatoms. The van der Waals surface area contributed by atoms with Crippen LogP contribution in [0.2, 0.25) is 0 Å². The molecule has 0 bridgehead atoms. The monoisotopic (exact) mass is 252 g/mol. The zero-order chi connectivity index (χ0) is 13.5. The van der Waals surface area contributed by atoms with Crippen molar-refractivity contribution in [2.45, 2.75) is 26.2 Å². The fraction of sp³-hybridized carbons (Fsp3) is 0.278. The van der Waals surface area contributed by atoms with E-state index in [0.29, 0.717) is 12.3 Å². The van der Waals surface area contributed by atoms with Crippen LogP contribution in [0.4, 0.5) is 0 Å². The Hall–Kier alpha value is -1.89. The molecule has 0 unspecified atom stereocenters. The van der Waals surface area contributed by atoms with Crippen LogP contribution in [0.3, 0.4) is 0 Å². The summed E-state index contributed by atoms with van der Waals surface area (Å²) < 4.78 is 0. The van der Waals surface area contributed by atoms with Crippen LogP contribution in [0.1, 0.15) is 35.7 Å². The molecule has 0 heterocycles. The molecule has 0 aliphatic carbocycles. The average Bonchev–Trinajstić information content (AvgIpc) is 2.48. The van der Waals surface area contributed by atoms with Crippen molar-refractivity contribution in [2.75, 3.05) is 0 Å². The maximum absolute atomic E-state index is 12.2. The molecule has 1 atom stereocenters. The summed E-state index contributed by atoms with van der Waals surface area (Å²) in [5, 5.41) is 0. The van der Waals surface area contributed by atoms with Gasteiger partial charge in [0.1, 0.15) is 0 Å². The number of Topliss-reactive ketones (excluding diaryl/α,β-unsaturated/α-hetero) is 1. The van der Waals surface area contributed by atoms with E-state index in [2.05, 4.69) is 31.2 Å². The summed E-state index contributed by atoms with van der Waals surface area (Å²) in [5.41, 5.74) is 2.14. The molecule has 0 aromatic heterocycles. The number of carbonyl (C=O) groups is 1. The van der Waals surface area contributed by atoms with Gasteiger partial charge in [-0.25, -0.2) is 0 Å². The van der Waals surface area contributed by atoms with E-state index in [1.807, 2.05) is 36.4 Å². The third-order valence-corrected chi connectivity index (χ3v) is 3.51. The summed E-state index contributed by atoms with van der Waals surface area (Å²) in [5.74, 6) is 0.679. The van der Waals surface area contributed by atoms with Crippen molar-refractivity contribution in [1.82, 2.24) is 0 Å². The fourth-order valence-corrected chi connectivity index (χ4v) is 2.31. The molecule has 0 aliphatic rings. The predicted octanol–water partition coefficient (Wildman–Crippen LogP) is 4.53. The van der Waals surface area contributed by atoms with Gasteiger partial charge in [-0.15, -0.1) is 0 Å². The molecular formula is C18H20O. The fourth-order valence-electron chi connectivity index (χ4n) is 2.31. The molecule has 0 N–H and O–H groups in total. The smallest absolute Gasteiger partial charge is 0.163 e. The van der Waals surface area contributed by atoms with Gasteiger partial charge in [0.15, 0.2) is 5.78 Å². The molecule has 0 saturated heterocycles. The molecule has 0 saturated carbocycles. The lowest BCUT2D eigenvalue weighted by atomic mass is 9.90. The highest BCUT2D eigenvalue weighted by atomic mass is 16.1. The minimum atomic E-state index is 0.253. The second-order valence-electron chi connectivity index (χ2n) is 4.96. The quantitative estimate of drug-likeness (QED) is 0.690. The molecule has 0 radical (unpaired) electrons. The van der Waals surface area contributed by atoms with Crippen molar-refractivity contribution >= 4 is 5.78 Å². The van der Waals surface area contributed by atoms with E-state index in [1.54, 1.807) is 0 Å². The summed E-state index contributed by atoms with van der Waals surface area (Å²) in [7, 11) is 0. The molecule has 0 aliphatic heterocycles. The minimum Gasteiger partial charge on any atom is -0.294 e. The predicted molar refractivity (Wildman–Crippen MR) is 79.3 cm³/mol. The largest absolute Gasteiger partial charge is 0.294 e. The second-order valence-corrected chi connectivity index (χ2v) is 4.96. The van der Waals surface area contributed by atoms with Gasteiger partial charge in [-0.1, -0.05) is 74.0 Å². The molecule has 1 nitrogen and oxygen atoms in total. The third-order valence-electron chi connectivity index (χ3n) is 3.51. The van der Waals surface area contributed by atoms with Crippen molar-refractivity contribution < 1.29 is 4.79 Å². The Morgan fingerprint density at radius 2 is 1.53 bits per heavy atom. The van der Waals surface area contributed by atoms with Gasteiger partial charge in [0.05, 0.1) is 0 Å². The summed E-state index contributed by atoms with van der Waals surface area (Å²) in [6.45, 7) is 2.16. The highest BCUT2D eigenvalue weighted by Gasteiger charge is 2.14. The lowest BCUT2D eigenvalue weighted by molar-refractivity contribution is 0.0960. The van der Waals surface area contributed by atoms with Gasteiger partial charge < -0.3 is 0 Å². The Morgan fingerprint density at radius 1 is 0.947 bits per heavy atom. The second kappa shape index (κ2) is 6.89. The number of rotatable bonds is 6. The molecular weight excluding hydrogens is 232 g/mol. The van der Waals surface area contributed by atoms with Gasteiger partial charge in [0.25, 0.3) is 0 Å². The van der Waals surface area contributed by atoms with E-state index in [4.69, 9.17) is 0 Å². The Kier molecular flexibility index (Phi) is 4.91. The van der Waals surface area contributed by atoms with E-state index in [-0.39, 0.29) is 5.78 Å². The Bertz CT molecular complexity index is 502. The highest BCUT2D eigenvalue weighted by molar-refractivity contribution is 5.96. The Morgan fingerprint density at radius 3 is 2.11 bits per heavy atom. The highest BCUT2D eigenvalue weighted by Crippen LogP contribution is 2.18. The summed E-state index contributed by atoms with van der Waals surface area (Å²) in [6.07, 6.45) is 2.65. The maximum Gasteiger partial charge on any atom is 0.163 e. The van der Waals surface area contributed by atoms with Gasteiger partial charge in [-0.05, 0) is 17.9 Å². The van der Waals surface area contributed by atoms with Crippen LogP contribution in [0, 0.1) is 5.92 Å². The Balaban J connectivity index is 1.98. The molecule has 0 amide bonds. The van der Waals surface area contributed by atoms with Gasteiger partial charge in [0.2, 0.25) is 0 Å². The zero-order valence-electron chi connectivity index (χ0n) is 11.4. The maximum atomic E-state index is 12.2. The van der Waals surface area contributed by atoms with Gasteiger partial charge in [0, 0.05) is 12.0 Å². The van der Waals surface area contributed by atoms with E-state index < -0.39 is 0 Å². The topological polar surface area (TPSA) is 17.1 Å². The molecule has 19 heavy (non-hydrogen) atoms. The summed E-state index contributed by atoms with van der Waals surface area (Å²) in [6, 6.07) is 20.0.